The number of nitrogens with one attached hydrogen (secondary N) is 1. The highest BCUT2D eigenvalue weighted by atomic mass is 35.5. The minimum absolute atomic E-state index is 0.292. The van der Waals surface area contributed by atoms with Crippen molar-refractivity contribution in [3.05, 3.63) is 27.2 Å². The molecule has 0 aromatic heterocycles. The summed E-state index contributed by atoms with van der Waals surface area (Å²) in [5.41, 5.74) is 1.18. The molecule has 0 radical (unpaired) electrons. The van der Waals surface area contributed by atoms with E-state index in [1.807, 2.05) is 6.07 Å². The number of halogens is 3. The van der Waals surface area contributed by atoms with Gasteiger partial charge in [0, 0.05) is 6.04 Å². The average Bonchev–Trinajstić information content (AvgIpc) is 2.35. The van der Waals surface area contributed by atoms with Crippen molar-refractivity contribution in [3.8, 4) is 0 Å². The lowest BCUT2D eigenvalue weighted by Crippen LogP contribution is -2.39. The van der Waals surface area contributed by atoms with Gasteiger partial charge in [-0.1, -0.05) is 68.4 Å². The summed E-state index contributed by atoms with van der Waals surface area (Å²) in [5, 5.41) is 5.28. The number of anilines is 1. The Morgan fingerprint density at radius 2 is 1.55 bits per heavy atom. The minimum Gasteiger partial charge on any atom is -0.381 e. The molecule has 0 spiro atoms. The Morgan fingerprint density at radius 3 is 2.20 bits per heavy atom. The van der Waals surface area contributed by atoms with Crippen molar-refractivity contribution in [2.45, 2.75) is 52.5 Å². The Balaban J connectivity index is 2.21. The van der Waals surface area contributed by atoms with E-state index < -0.39 is 0 Å². The van der Waals surface area contributed by atoms with Gasteiger partial charge in [-0.25, -0.2) is 0 Å². The zero-order valence-corrected chi connectivity index (χ0v) is 14.5. The van der Waals surface area contributed by atoms with Crippen molar-refractivity contribution >= 4 is 40.5 Å². The summed E-state index contributed by atoms with van der Waals surface area (Å²) in [5.74, 6) is 0.641. The summed E-state index contributed by atoms with van der Waals surface area (Å²) < 4.78 is 0. The fraction of sp³-hybridized carbons (Fsp3) is 0.625. The summed E-state index contributed by atoms with van der Waals surface area (Å²) >= 11 is 18.4. The standard InChI is InChI=1S/C16H22Cl3N/c1-16(2,3)10-6-4-5-7-14(10)20-15-9-12(18)11(17)8-13(15)19/h8-10,14,20H,4-7H2,1-3H3. The molecule has 1 aliphatic rings. The lowest BCUT2D eigenvalue weighted by Gasteiger charge is -2.41. The normalized spacial score (nSPS) is 23.7. The third-order valence-electron chi connectivity index (χ3n) is 4.23. The summed E-state index contributed by atoms with van der Waals surface area (Å²) in [7, 11) is 0. The second-order valence-corrected chi connectivity index (χ2v) is 7.98. The van der Waals surface area contributed by atoms with Crippen LogP contribution in [-0.4, -0.2) is 6.04 Å². The molecule has 0 aliphatic heterocycles. The Labute approximate surface area is 137 Å². The molecule has 1 aliphatic carbocycles. The molecular formula is C16H22Cl3N. The quantitative estimate of drug-likeness (QED) is 0.596. The van der Waals surface area contributed by atoms with Crippen LogP contribution < -0.4 is 5.32 Å². The van der Waals surface area contributed by atoms with Crippen molar-refractivity contribution in [3.63, 3.8) is 0 Å². The second-order valence-electron chi connectivity index (χ2n) is 6.75. The molecule has 0 amide bonds. The molecule has 1 saturated carbocycles. The molecule has 1 N–H and O–H groups in total. The van der Waals surface area contributed by atoms with E-state index in [2.05, 4.69) is 26.1 Å². The van der Waals surface area contributed by atoms with Crippen LogP contribution in [0.2, 0.25) is 15.1 Å². The molecule has 1 aromatic rings. The molecule has 2 atom stereocenters. The highest BCUT2D eigenvalue weighted by molar-refractivity contribution is 6.44. The van der Waals surface area contributed by atoms with E-state index in [1.54, 1.807) is 6.07 Å². The van der Waals surface area contributed by atoms with Crippen LogP contribution in [0.1, 0.15) is 46.5 Å². The van der Waals surface area contributed by atoms with Gasteiger partial charge in [-0.15, -0.1) is 0 Å². The first kappa shape index (κ1) is 16.3. The van der Waals surface area contributed by atoms with E-state index in [9.17, 15) is 0 Å². The predicted molar refractivity (Wildman–Crippen MR) is 90.3 cm³/mol. The summed E-state index contributed by atoms with van der Waals surface area (Å²) in [6.45, 7) is 6.94. The van der Waals surface area contributed by atoms with Crippen LogP contribution in [0.5, 0.6) is 0 Å². The van der Waals surface area contributed by atoms with Gasteiger partial charge < -0.3 is 5.32 Å². The van der Waals surface area contributed by atoms with Crippen molar-refractivity contribution < 1.29 is 0 Å². The van der Waals surface area contributed by atoms with Gasteiger partial charge in [-0.3, -0.25) is 0 Å². The molecule has 0 heterocycles. The smallest absolute Gasteiger partial charge is 0.0653 e. The third kappa shape index (κ3) is 3.75. The van der Waals surface area contributed by atoms with Crippen LogP contribution >= 0.6 is 34.8 Å². The Bertz CT molecular complexity index is 479. The predicted octanol–water partition coefficient (Wildman–Crippen LogP) is 6.66. The first-order valence-electron chi connectivity index (χ1n) is 7.20. The van der Waals surface area contributed by atoms with Gasteiger partial charge in [-0.05, 0) is 36.3 Å². The zero-order valence-electron chi connectivity index (χ0n) is 12.3. The van der Waals surface area contributed by atoms with Crippen molar-refractivity contribution in [2.75, 3.05) is 5.32 Å². The van der Waals surface area contributed by atoms with E-state index in [4.69, 9.17) is 34.8 Å². The highest BCUT2D eigenvalue weighted by Crippen LogP contribution is 2.41. The van der Waals surface area contributed by atoms with Gasteiger partial charge in [0.25, 0.3) is 0 Å². The van der Waals surface area contributed by atoms with E-state index in [-0.39, 0.29) is 0 Å². The van der Waals surface area contributed by atoms with Gasteiger partial charge in [0.05, 0.1) is 20.8 Å². The SMILES string of the molecule is CC(C)(C)C1CCCCC1Nc1cc(Cl)c(Cl)cc1Cl. The molecule has 2 unspecified atom stereocenters. The zero-order chi connectivity index (χ0) is 14.9. The first-order valence-corrected chi connectivity index (χ1v) is 8.33. The maximum Gasteiger partial charge on any atom is 0.0653 e. The lowest BCUT2D eigenvalue weighted by atomic mass is 9.69. The molecule has 0 saturated heterocycles. The molecular weight excluding hydrogens is 313 g/mol. The first-order chi connectivity index (χ1) is 9.29. The van der Waals surface area contributed by atoms with Gasteiger partial charge in [0.2, 0.25) is 0 Å². The number of hydrogen-bond donors (Lipinski definition) is 1. The summed E-state index contributed by atoms with van der Waals surface area (Å²) in [4.78, 5) is 0. The van der Waals surface area contributed by atoms with Gasteiger partial charge in [-0.2, -0.15) is 0 Å². The molecule has 1 aromatic carbocycles. The average molecular weight is 335 g/mol. The molecule has 20 heavy (non-hydrogen) atoms. The number of hydrogen-bond acceptors (Lipinski definition) is 1. The fourth-order valence-corrected chi connectivity index (χ4v) is 3.77. The van der Waals surface area contributed by atoms with E-state index in [0.29, 0.717) is 32.4 Å². The maximum absolute atomic E-state index is 6.28. The lowest BCUT2D eigenvalue weighted by molar-refractivity contribution is 0.163. The van der Waals surface area contributed by atoms with Crippen LogP contribution in [0.15, 0.2) is 12.1 Å². The van der Waals surface area contributed by atoms with Crippen molar-refractivity contribution in [1.29, 1.82) is 0 Å². The van der Waals surface area contributed by atoms with Gasteiger partial charge in [0.1, 0.15) is 0 Å². The van der Waals surface area contributed by atoms with Crippen LogP contribution in [-0.2, 0) is 0 Å². The molecule has 0 bridgehead atoms. The third-order valence-corrected chi connectivity index (χ3v) is 5.26. The Kier molecular flexibility index (Phi) is 5.15. The van der Waals surface area contributed by atoms with Gasteiger partial charge >= 0.3 is 0 Å². The van der Waals surface area contributed by atoms with Crippen LogP contribution in [0.4, 0.5) is 5.69 Å². The molecule has 112 valence electrons. The number of rotatable bonds is 2. The number of benzene rings is 1. The van der Waals surface area contributed by atoms with E-state index >= 15 is 0 Å². The summed E-state index contributed by atoms with van der Waals surface area (Å²) in [6, 6.07) is 3.99. The van der Waals surface area contributed by atoms with E-state index in [1.165, 1.54) is 25.7 Å². The van der Waals surface area contributed by atoms with Gasteiger partial charge in [0.15, 0.2) is 0 Å². The molecule has 1 fully saturated rings. The van der Waals surface area contributed by atoms with Crippen LogP contribution in [0, 0.1) is 11.3 Å². The Morgan fingerprint density at radius 1 is 0.950 bits per heavy atom. The Hall–Kier alpha value is -0.110. The highest BCUT2D eigenvalue weighted by Gasteiger charge is 2.34. The van der Waals surface area contributed by atoms with Crippen LogP contribution in [0.3, 0.4) is 0 Å². The van der Waals surface area contributed by atoms with E-state index in [0.717, 1.165) is 5.69 Å². The maximum atomic E-state index is 6.28. The fourth-order valence-electron chi connectivity index (χ4n) is 3.17. The molecule has 4 heteroatoms. The van der Waals surface area contributed by atoms with Crippen LogP contribution in [0.25, 0.3) is 0 Å². The minimum atomic E-state index is 0.292. The van der Waals surface area contributed by atoms with Crippen molar-refractivity contribution in [1.82, 2.24) is 0 Å². The summed E-state index contributed by atoms with van der Waals surface area (Å²) in [6.07, 6.45) is 5.02. The molecule has 2 rings (SSSR count). The molecule has 1 nitrogen and oxygen atoms in total. The monoisotopic (exact) mass is 333 g/mol. The second kappa shape index (κ2) is 6.34. The topological polar surface area (TPSA) is 12.0 Å². The van der Waals surface area contributed by atoms with Crippen molar-refractivity contribution in [2.24, 2.45) is 11.3 Å². The largest absolute Gasteiger partial charge is 0.381 e.